The minimum absolute atomic E-state index is 0.107. The Balaban J connectivity index is 1.38. The molecule has 0 atom stereocenters. The van der Waals surface area contributed by atoms with Gasteiger partial charge in [-0.3, -0.25) is 4.79 Å². The van der Waals surface area contributed by atoms with Crippen LogP contribution in [0.25, 0.3) is 5.69 Å². The van der Waals surface area contributed by atoms with Crippen LogP contribution in [0, 0.1) is 0 Å². The van der Waals surface area contributed by atoms with Gasteiger partial charge in [0.1, 0.15) is 0 Å². The molecule has 1 aromatic heterocycles. The van der Waals surface area contributed by atoms with Crippen molar-refractivity contribution < 1.29 is 22.7 Å². The Hall–Kier alpha value is -3.43. The minimum atomic E-state index is -3.72. The first-order valence-electron chi connectivity index (χ1n) is 10.7. The molecule has 1 aliphatic heterocycles. The Labute approximate surface area is 193 Å². The van der Waals surface area contributed by atoms with E-state index in [1.807, 2.05) is 41.2 Å². The summed E-state index contributed by atoms with van der Waals surface area (Å²) in [4.78, 5) is 26.4. The van der Waals surface area contributed by atoms with E-state index < -0.39 is 16.0 Å². The van der Waals surface area contributed by atoms with Gasteiger partial charge in [-0.15, -0.1) is 0 Å². The van der Waals surface area contributed by atoms with Crippen molar-refractivity contribution in [1.29, 1.82) is 0 Å². The van der Waals surface area contributed by atoms with Crippen LogP contribution in [0.15, 0.2) is 78.0 Å². The molecule has 0 bridgehead atoms. The molecule has 8 nitrogen and oxygen atoms in total. The molecule has 0 aliphatic carbocycles. The van der Waals surface area contributed by atoms with Crippen LogP contribution in [0.1, 0.15) is 27.6 Å². The predicted octanol–water partition coefficient (Wildman–Crippen LogP) is 2.80. The number of ether oxygens (including phenoxy) is 1. The first-order chi connectivity index (χ1) is 15.9. The number of rotatable bonds is 6. The van der Waals surface area contributed by atoms with Crippen molar-refractivity contribution >= 4 is 21.9 Å². The first-order valence-corrected chi connectivity index (χ1v) is 12.1. The standard InChI is InChI=1S/C24H25N3O5S/c1-2-32-24(29)20-7-11-22(12-8-20)33(30,31)27-17-15-26(16-18-27)23(28)19-5-9-21(10-6-19)25-13-3-4-14-25/h3-14H,2,15-18H2,1H3. The molecular weight excluding hydrogens is 442 g/mol. The monoisotopic (exact) mass is 467 g/mol. The molecule has 1 aliphatic rings. The van der Waals surface area contributed by atoms with Crippen molar-refractivity contribution in [3.8, 4) is 5.69 Å². The van der Waals surface area contributed by atoms with Crippen LogP contribution in [-0.4, -0.2) is 66.9 Å². The summed E-state index contributed by atoms with van der Waals surface area (Å²) in [5.41, 5.74) is 1.83. The smallest absolute Gasteiger partial charge is 0.338 e. The Morgan fingerprint density at radius 2 is 1.42 bits per heavy atom. The molecule has 3 aromatic rings. The topological polar surface area (TPSA) is 88.9 Å². The molecule has 172 valence electrons. The lowest BCUT2D eigenvalue weighted by atomic mass is 10.1. The summed E-state index contributed by atoms with van der Waals surface area (Å²) in [5, 5.41) is 0. The van der Waals surface area contributed by atoms with Crippen LogP contribution in [0.2, 0.25) is 0 Å². The highest BCUT2D eigenvalue weighted by atomic mass is 32.2. The van der Waals surface area contributed by atoms with Crippen molar-refractivity contribution in [2.45, 2.75) is 11.8 Å². The minimum Gasteiger partial charge on any atom is -0.462 e. The number of esters is 1. The summed E-state index contributed by atoms with van der Waals surface area (Å²) in [5.74, 6) is -0.611. The second kappa shape index (κ2) is 9.60. The number of carbonyl (C=O) groups excluding carboxylic acids is 2. The van der Waals surface area contributed by atoms with Gasteiger partial charge in [-0.05, 0) is 67.6 Å². The third-order valence-electron chi connectivity index (χ3n) is 5.55. The number of carbonyl (C=O) groups is 2. The van der Waals surface area contributed by atoms with Crippen LogP contribution >= 0.6 is 0 Å². The van der Waals surface area contributed by atoms with E-state index in [9.17, 15) is 18.0 Å². The molecule has 9 heteroatoms. The molecule has 33 heavy (non-hydrogen) atoms. The summed E-state index contributed by atoms with van der Waals surface area (Å²) in [6, 6.07) is 16.9. The third kappa shape index (κ3) is 4.84. The Morgan fingerprint density at radius 3 is 2.00 bits per heavy atom. The highest BCUT2D eigenvalue weighted by Gasteiger charge is 2.30. The Morgan fingerprint density at radius 1 is 0.848 bits per heavy atom. The maximum absolute atomic E-state index is 13.0. The summed E-state index contributed by atoms with van der Waals surface area (Å²) < 4.78 is 34.2. The second-order valence-electron chi connectivity index (χ2n) is 7.58. The zero-order valence-corrected chi connectivity index (χ0v) is 19.1. The van der Waals surface area contributed by atoms with E-state index in [2.05, 4.69) is 0 Å². The van der Waals surface area contributed by atoms with Crippen molar-refractivity contribution in [3.63, 3.8) is 0 Å². The zero-order chi connectivity index (χ0) is 23.4. The number of sulfonamides is 1. The van der Waals surface area contributed by atoms with E-state index in [4.69, 9.17) is 4.74 Å². The SMILES string of the molecule is CCOC(=O)c1ccc(S(=O)(=O)N2CCN(C(=O)c3ccc(-n4cccc4)cc3)CC2)cc1. The van der Waals surface area contributed by atoms with Crippen molar-refractivity contribution in [2.75, 3.05) is 32.8 Å². The second-order valence-corrected chi connectivity index (χ2v) is 9.52. The number of aromatic nitrogens is 1. The fourth-order valence-corrected chi connectivity index (χ4v) is 5.15. The molecule has 1 fully saturated rings. The highest BCUT2D eigenvalue weighted by Crippen LogP contribution is 2.20. The van der Waals surface area contributed by atoms with E-state index >= 15 is 0 Å². The lowest BCUT2D eigenvalue weighted by Crippen LogP contribution is -2.50. The molecule has 1 saturated heterocycles. The molecule has 0 saturated carbocycles. The summed E-state index contributed by atoms with van der Waals surface area (Å²) in [6.07, 6.45) is 3.86. The van der Waals surface area contributed by atoms with Gasteiger partial charge in [0.2, 0.25) is 10.0 Å². The number of hydrogen-bond donors (Lipinski definition) is 0. The molecule has 0 radical (unpaired) electrons. The molecule has 0 unspecified atom stereocenters. The van der Waals surface area contributed by atoms with Gasteiger partial charge in [0.25, 0.3) is 5.91 Å². The van der Waals surface area contributed by atoms with Gasteiger partial charge in [0.15, 0.2) is 0 Å². The van der Waals surface area contributed by atoms with E-state index in [1.165, 1.54) is 28.6 Å². The highest BCUT2D eigenvalue weighted by molar-refractivity contribution is 7.89. The van der Waals surface area contributed by atoms with E-state index in [0.29, 0.717) is 24.2 Å². The maximum atomic E-state index is 13.0. The largest absolute Gasteiger partial charge is 0.462 e. The Kier molecular flexibility index (Phi) is 6.62. The van der Waals surface area contributed by atoms with E-state index in [-0.39, 0.29) is 30.5 Å². The van der Waals surface area contributed by atoms with Gasteiger partial charge in [0, 0.05) is 49.8 Å². The van der Waals surface area contributed by atoms with Gasteiger partial charge >= 0.3 is 5.97 Å². The van der Waals surface area contributed by atoms with Crippen LogP contribution in [0.4, 0.5) is 0 Å². The summed E-state index contributed by atoms with van der Waals surface area (Å²) >= 11 is 0. The van der Waals surface area contributed by atoms with Crippen molar-refractivity contribution in [3.05, 3.63) is 84.2 Å². The van der Waals surface area contributed by atoms with Gasteiger partial charge in [0.05, 0.1) is 17.1 Å². The number of amides is 1. The van der Waals surface area contributed by atoms with Gasteiger partial charge in [-0.25, -0.2) is 13.2 Å². The fraction of sp³-hybridized carbons (Fsp3) is 0.250. The fourth-order valence-electron chi connectivity index (χ4n) is 3.72. The number of benzene rings is 2. The summed E-state index contributed by atoms with van der Waals surface area (Å²) in [6.45, 7) is 2.97. The zero-order valence-electron chi connectivity index (χ0n) is 18.3. The molecular formula is C24H25N3O5S. The number of nitrogens with zero attached hydrogens (tertiary/aromatic N) is 3. The van der Waals surface area contributed by atoms with E-state index in [0.717, 1.165) is 5.69 Å². The first kappa shape index (κ1) is 22.8. The maximum Gasteiger partial charge on any atom is 0.338 e. The van der Waals surface area contributed by atoms with Gasteiger partial charge < -0.3 is 14.2 Å². The van der Waals surface area contributed by atoms with Crippen LogP contribution in [0.3, 0.4) is 0 Å². The van der Waals surface area contributed by atoms with Crippen molar-refractivity contribution in [2.24, 2.45) is 0 Å². The quantitative estimate of drug-likeness (QED) is 0.520. The molecule has 0 N–H and O–H groups in total. The molecule has 2 heterocycles. The van der Waals surface area contributed by atoms with E-state index in [1.54, 1.807) is 24.0 Å². The molecule has 4 rings (SSSR count). The van der Waals surface area contributed by atoms with Gasteiger partial charge in [-0.2, -0.15) is 4.31 Å². The Bertz CT molecular complexity index is 1210. The molecule has 2 aromatic carbocycles. The molecule has 0 spiro atoms. The third-order valence-corrected chi connectivity index (χ3v) is 7.46. The molecule has 1 amide bonds. The lowest BCUT2D eigenvalue weighted by molar-refractivity contribution is 0.0526. The van der Waals surface area contributed by atoms with Crippen LogP contribution in [0.5, 0.6) is 0 Å². The average Bonchev–Trinajstić information content (AvgIpc) is 3.39. The van der Waals surface area contributed by atoms with Crippen LogP contribution < -0.4 is 0 Å². The predicted molar refractivity (Wildman–Crippen MR) is 123 cm³/mol. The van der Waals surface area contributed by atoms with Crippen molar-refractivity contribution in [1.82, 2.24) is 13.8 Å². The lowest BCUT2D eigenvalue weighted by Gasteiger charge is -2.34. The summed E-state index contributed by atoms with van der Waals surface area (Å²) in [7, 11) is -3.72. The number of piperazine rings is 1. The number of hydrogen-bond acceptors (Lipinski definition) is 5. The van der Waals surface area contributed by atoms with Crippen LogP contribution in [-0.2, 0) is 14.8 Å². The normalized spacial score (nSPS) is 14.8. The average molecular weight is 468 g/mol. The van der Waals surface area contributed by atoms with Gasteiger partial charge in [-0.1, -0.05) is 0 Å².